The fourth-order valence-electron chi connectivity index (χ4n) is 3.59. The number of hydrogen-bond donors (Lipinski definition) is 1. The molecule has 2 heterocycles. The Morgan fingerprint density at radius 3 is 2.42 bits per heavy atom. The Morgan fingerprint density at radius 2 is 1.77 bits per heavy atom. The molecule has 2 fully saturated rings. The molecule has 0 radical (unpaired) electrons. The molecule has 2 saturated heterocycles. The fourth-order valence-corrected chi connectivity index (χ4v) is 3.59. The number of rotatable bonds is 5. The third-order valence-corrected chi connectivity index (χ3v) is 5.21. The van der Waals surface area contributed by atoms with Gasteiger partial charge in [-0.3, -0.25) is 9.89 Å². The average molecular weight is 360 g/mol. The van der Waals surface area contributed by atoms with Gasteiger partial charge in [-0.05, 0) is 26.0 Å². The number of hydrogen-bond acceptors (Lipinski definition) is 4. The number of guanidine groups is 1. The molecule has 6 nitrogen and oxygen atoms in total. The second kappa shape index (κ2) is 9.78. The largest absolute Gasteiger partial charge is 0.379 e. The molecule has 1 unspecified atom stereocenters. The topological polar surface area (TPSA) is 43.3 Å². The number of morpholine rings is 1. The summed E-state index contributed by atoms with van der Waals surface area (Å²) in [6.07, 6.45) is 0. The number of benzene rings is 1. The van der Waals surface area contributed by atoms with E-state index in [0.29, 0.717) is 6.04 Å². The third-order valence-electron chi connectivity index (χ3n) is 5.21. The van der Waals surface area contributed by atoms with Crippen molar-refractivity contribution in [2.24, 2.45) is 4.99 Å². The zero-order valence-electron chi connectivity index (χ0n) is 16.2. The lowest BCUT2D eigenvalue weighted by atomic mass is 10.2. The lowest BCUT2D eigenvalue weighted by Gasteiger charge is -2.38. The second-order valence-corrected chi connectivity index (χ2v) is 7.00. The summed E-state index contributed by atoms with van der Waals surface area (Å²) in [4.78, 5) is 12.3. The molecule has 0 spiro atoms. The Kier molecular flexibility index (Phi) is 7.14. The van der Waals surface area contributed by atoms with Crippen LogP contribution in [0.5, 0.6) is 0 Å². The summed E-state index contributed by atoms with van der Waals surface area (Å²) in [5.74, 6) is 1.06. The van der Waals surface area contributed by atoms with Crippen molar-refractivity contribution in [2.75, 3.05) is 70.5 Å². The van der Waals surface area contributed by atoms with Gasteiger partial charge in [0.2, 0.25) is 0 Å². The maximum Gasteiger partial charge on any atom is 0.194 e. The van der Waals surface area contributed by atoms with Crippen molar-refractivity contribution in [1.82, 2.24) is 15.1 Å². The summed E-state index contributed by atoms with van der Waals surface area (Å²) in [5.41, 5.74) is 1.31. The first-order valence-electron chi connectivity index (χ1n) is 9.93. The lowest BCUT2D eigenvalue weighted by molar-refractivity contribution is 0.0220. The number of anilines is 1. The molecule has 2 aliphatic rings. The highest BCUT2D eigenvalue weighted by molar-refractivity contribution is 5.80. The summed E-state index contributed by atoms with van der Waals surface area (Å²) >= 11 is 0. The quantitative estimate of drug-likeness (QED) is 0.637. The summed E-state index contributed by atoms with van der Waals surface area (Å²) in [6.45, 7) is 14.0. The number of ether oxygens (including phenoxy) is 1. The summed E-state index contributed by atoms with van der Waals surface area (Å²) in [6, 6.07) is 11.1. The van der Waals surface area contributed by atoms with E-state index in [-0.39, 0.29) is 0 Å². The van der Waals surface area contributed by atoms with Gasteiger partial charge in [0.15, 0.2) is 5.96 Å². The van der Waals surface area contributed by atoms with Crippen molar-refractivity contribution < 1.29 is 4.74 Å². The summed E-state index contributed by atoms with van der Waals surface area (Å²) in [5, 5.41) is 3.48. The number of nitrogens with zero attached hydrogens (tertiary/aromatic N) is 4. The molecule has 0 bridgehead atoms. The molecular formula is C20H33N5O. The molecule has 144 valence electrons. The van der Waals surface area contributed by atoms with Crippen molar-refractivity contribution in [1.29, 1.82) is 0 Å². The molecule has 3 rings (SSSR count). The highest BCUT2D eigenvalue weighted by atomic mass is 16.5. The second-order valence-electron chi connectivity index (χ2n) is 7.00. The predicted molar refractivity (Wildman–Crippen MR) is 108 cm³/mol. The van der Waals surface area contributed by atoms with E-state index in [1.165, 1.54) is 5.69 Å². The fraction of sp³-hybridized carbons (Fsp3) is 0.650. The van der Waals surface area contributed by atoms with Gasteiger partial charge < -0.3 is 19.9 Å². The zero-order valence-corrected chi connectivity index (χ0v) is 16.2. The Balaban J connectivity index is 1.54. The number of piperazine rings is 1. The Bertz CT molecular complexity index is 551. The number of aliphatic imine (C=N–C) groups is 1. The molecule has 0 aliphatic carbocycles. The maximum atomic E-state index is 5.45. The standard InChI is InChI=1S/C20H33N5O/c1-3-21-20(22-17-18(2)23-13-15-26-16-14-23)25-11-9-24(10-12-25)19-7-5-4-6-8-19/h4-8,18H,3,9-17H2,1-2H3,(H,21,22). The van der Waals surface area contributed by atoms with Gasteiger partial charge in [-0.1, -0.05) is 18.2 Å². The first kappa shape index (κ1) is 19.0. The first-order chi connectivity index (χ1) is 12.8. The van der Waals surface area contributed by atoms with Gasteiger partial charge in [0, 0.05) is 57.5 Å². The van der Waals surface area contributed by atoms with Crippen molar-refractivity contribution >= 4 is 11.6 Å². The summed E-state index contributed by atoms with van der Waals surface area (Å²) < 4.78 is 5.45. The van der Waals surface area contributed by atoms with Gasteiger partial charge in [-0.2, -0.15) is 0 Å². The van der Waals surface area contributed by atoms with E-state index in [2.05, 4.69) is 64.2 Å². The lowest BCUT2D eigenvalue weighted by Crippen LogP contribution is -2.53. The highest BCUT2D eigenvalue weighted by Crippen LogP contribution is 2.15. The van der Waals surface area contributed by atoms with Crippen LogP contribution in [-0.4, -0.2) is 87.4 Å². The van der Waals surface area contributed by atoms with Gasteiger partial charge in [0.25, 0.3) is 0 Å². The van der Waals surface area contributed by atoms with E-state index in [9.17, 15) is 0 Å². The van der Waals surface area contributed by atoms with E-state index in [1.807, 2.05) is 0 Å². The van der Waals surface area contributed by atoms with Gasteiger partial charge in [0.05, 0.1) is 19.8 Å². The molecule has 26 heavy (non-hydrogen) atoms. The Morgan fingerprint density at radius 1 is 1.08 bits per heavy atom. The van der Waals surface area contributed by atoms with E-state index in [0.717, 1.165) is 71.5 Å². The van der Waals surface area contributed by atoms with Crippen molar-refractivity contribution in [3.63, 3.8) is 0 Å². The molecule has 0 amide bonds. The maximum absolute atomic E-state index is 5.45. The van der Waals surface area contributed by atoms with Gasteiger partial charge in [0.1, 0.15) is 0 Å². The molecule has 1 aromatic rings. The van der Waals surface area contributed by atoms with Crippen LogP contribution in [-0.2, 0) is 4.74 Å². The molecule has 1 aromatic carbocycles. The van der Waals surface area contributed by atoms with Crippen LogP contribution in [0.25, 0.3) is 0 Å². The minimum Gasteiger partial charge on any atom is -0.379 e. The molecule has 1 N–H and O–H groups in total. The van der Waals surface area contributed by atoms with Crippen LogP contribution in [0.3, 0.4) is 0 Å². The van der Waals surface area contributed by atoms with Gasteiger partial charge >= 0.3 is 0 Å². The van der Waals surface area contributed by atoms with Crippen LogP contribution in [0.15, 0.2) is 35.3 Å². The SMILES string of the molecule is CCNC(=NCC(C)N1CCOCC1)N1CCN(c2ccccc2)CC1. The van der Waals surface area contributed by atoms with E-state index in [1.54, 1.807) is 0 Å². The van der Waals surface area contributed by atoms with Crippen LogP contribution in [0.1, 0.15) is 13.8 Å². The first-order valence-corrected chi connectivity index (χ1v) is 9.93. The van der Waals surface area contributed by atoms with Crippen LogP contribution in [0, 0.1) is 0 Å². The molecule has 1 atom stereocenters. The van der Waals surface area contributed by atoms with Gasteiger partial charge in [-0.25, -0.2) is 0 Å². The van der Waals surface area contributed by atoms with Crippen LogP contribution < -0.4 is 10.2 Å². The van der Waals surface area contributed by atoms with E-state index < -0.39 is 0 Å². The van der Waals surface area contributed by atoms with Crippen molar-refractivity contribution in [3.05, 3.63) is 30.3 Å². The Hall–Kier alpha value is -1.79. The monoisotopic (exact) mass is 359 g/mol. The summed E-state index contributed by atoms with van der Waals surface area (Å²) in [7, 11) is 0. The minimum atomic E-state index is 0.457. The number of para-hydroxylation sites is 1. The van der Waals surface area contributed by atoms with Gasteiger partial charge in [-0.15, -0.1) is 0 Å². The van der Waals surface area contributed by atoms with Crippen LogP contribution in [0.2, 0.25) is 0 Å². The predicted octanol–water partition coefficient (Wildman–Crippen LogP) is 1.49. The normalized spacial score (nSPS) is 20.9. The van der Waals surface area contributed by atoms with Crippen LogP contribution >= 0.6 is 0 Å². The van der Waals surface area contributed by atoms with Crippen LogP contribution in [0.4, 0.5) is 5.69 Å². The smallest absolute Gasteiger partial charge is 0.194 e. The molecule has 2 aliphatic heterocycles. The molecule has 0 saturated carbocycles. The average Bonchev–Trinajstić information content (AvgIpc) is 2.72. The zero-order chi connectivity index (χ0) is 18.2. The van der Waals surface area contributed by atoms with Crippen molar-refractivity contribution in [2.45, 2.75) is 19.9 Å². The van der Waals surface area contributed by atoms with E-state index >= 15 is 0 Å². The number of nitrogens with one attached hydrogen (secondary N) is 1. The van der Waals surface area contributed by atoms with Crippen molar-refractivity contribution in [3.8, 4) is 0 Å². The molecule has 0 aromatic heterocycles. The molecular weight excluding hydrogens is 326 g/mol. The third kappa shape index (κ3) is 5.11. The highest BCUT2D eigenvalue weighted by Gasteiger charge is 2.21. The minimum absolute atomic E-state index is 0.457. The van der Waals surface area contributed by atoms with E-state index in [4.69, 9.17) is 9.73 Å². The molecule has 6 heteroatoms. The Labute approximate surface area is 157 Å².